The number of nitriles is 1. The van der Waals surface area contributed by atoms with Crippen molar-refractivity contribution in [1.82, 2.24) is 10.2 Å². The molecule has 1 heterocycles. The second kappa shape index (κ2) is 6.76. The number of nitrogens with one attached hydrogen (secondary N) is 1. The Balaban J connectivity index is 1.76. The van der Waals surface area contributed by atoms with E-state index in [0.29, 0.717) is 30.9 Å². The molecular weight excluding hydrogens is 242 g/mol. The lowest BCUT2D eigenvalue weighted by atomic mass is 10.2. The highest BCUT2D eigenvalue weighted by atomic mass is 16.5. The smallest absolute Gasteiger partial charge is 0.221 e. The molecule has 1 fully saturated rings. The maximum absolute atomic E-state index is 11.2. The highest BCUT2D eigenvalue weighted by Crippen LogP contribution is 2.12. The number of hydrogen-bond acceptors (Lipinski definition) is 4. The van der Waals surface area contributed by atoms with Gasteiger partial charge in [0.25, 0.3) is 0 Å². The van der Waals surface area contributed by atoms with Crippen LogP contribution in [0.4, 0.5) is 0 Å². The largest absolute Gasteiger partial charge is 0.492 e. The molecule has 0 bridgehead atoms. The molecule has 2 rings (SSSR count). The molecule has 0 unspecified atom stereocenters. The van der Waals surface area contributed by atoms with Crippen molar-refractivity contribution in [3.63, 3.8) is 0 Å². The fourth-order valence-corrected chi connectivity index (χ4v) is 1.98. The summed E-state index contributed by atoms with van der Waals surface area (Å²) in [6, 6.07) is 9.21. The lowest BCUT2D eigenvalue weighted by Crippen LogP contribution is -2.32. The third-order valence-electron chi connectivity index (χ3n) is 3.04. The van der Waals surface area contributed by atoms with Crippen molar-refractivity contribution in [3.8, 4) is 11.8 Å². The fourth-order valence-electron chi connectivity index (χ4n) is 1.98. The molecule has 1 aromatic carbocycles. The summed E-state index contributed by atoms with van der Waals surface area (Å²) in [5, 5.41) is 11.6. The van der Waals surface area contributed by atoms with Crippen LogP contribution in [0, 0.1) is 11.3 Å². The topological polar surface area (TPSA) is 65.4 Å². The standard InChI is InChI=1S/C14H17N3O2/c15-11-12-2-1-3-13(10-12)19-9-8-17-6-4-14(18)16-5-7-17/h1-3,10H,4-9H2,(H,16,18). The van der Waals surface area contributed by atoms with Crippen molar-refractivity contribution >= 4 is 5.91 Å². The number of benzene rings is 1. The molecule has 1 N–H and O–H groups in total. The number of hydrogen-bond donors (Lipinski definition) is 1. The van der Waals surface area contributed by atoms with E-state index in [1.165, 1.54) is 0 Å². The van der Waals surface area contributed by atoms with Crippen molar-refractivity contribution in [2.75, 3.05) is 32.8 Å². The lowest BCUT2D eigenvalue weighted by Gasteiger charge is -2.18. The summed E-state index contributed by atoms with van der Waals surface area (Å²) in [5.74, 6) is 0.827. The van der Waals surface area contributed by atoms with Gasteiger partial charge in [0, 0.05) is 32.6 Å². The van der Waals surface area contributed by atoms with E-state index in [0.717, 1.165) is 19.6 Å². The normalized spacial score (nSPS) is 16.3. The van der Waals surface area contributed by atoms with Gasteiger partial charge in [-0.15, -0.1) is 0 Å². The Morgan fingerprint density at radius 1 is 1.42 bits per heavy atom. The van der Waals surface area contributed by atoms with Gasteiger partial charge in [0.1, 0.15) is 12.4 Å². The van der Waals surface area contributed by atoms with Crippen LogP contribution in [-0.4, -0.2) is 43.6 Å². The summed E-state index contributed by atoms with van der Waals surface area (Å²) < 4.78 is 5.62. The maximum atomic E-state index is 11.2. The van der Waals surface area contributed by atoms with Gasteiger partial charge in [0.15, 0.2) is 0 Å². The molecule has 0 spiro atoms. The first-order valence-corrected chi connectivity index (χ1v) is 6.40. The van der Waals surface area contributed by atoms with Gasteiger partial charge in [-0.1, -0.05) is 6.07 Å². The molecule has 1 saturated heterocycles. The van der Waals surface area contributed by atoms with Crippen LogP contribution in [0.5, 0.6) is 5.75 Å². The Labute approximate surface area is 112 Å². The van der Waals surface area contributed by atoms with Crippen LogP contribution in [0.15, 0.2) is 24.3 Å². The van der Waals surface area contributed by atoms with Crippen molar-refractivity contribution in [2.45, 2.75) is 6.42 Å². The third-order valence-corrected chi connectivity index (χ3v) is 3.04. The lowest BCUT2D eigenvalue weighted by molar-refractivity contribution is -0.120. The molecule has 1 aliphatic rings. The Morgan fingerprint density at radius 2 is 2.32 bits per heavy atom. The minimum atomic E-state index is 0.116. The van der Waals surface area contributed by atoms with E-state index in [2.05, 4.69) is 16.3 Å². The van der Waals surface area contributed by atoms with Gasteiger partial charge in [-0.25, -0.2) is 0 Å². The van der Waals surface area contributed by atoms with Crippen molar-refractivity contribution in [1.29, 1.82) is 5.26 Å². The van der Waals surface area contributed by atoms with E-state index in [-0.39, 0.29) is 5.91 Å². The highest BCUT2D eigenvalue weighted by molar-refractivity contribution is 5.76. The fraction of sp³-hybridized carbons (Fsp3) is 0.429. The summed E-state index contributed by atoms with van der Waals surface area (Å²) in [5.41, 5.74) is 0.599. The third kappa shape index (κ3) is 4.27. The quantitative estimate of drug-likeness (QED) is 0.867. The molecule has 0 aromatic heterocycles. The predicted octanol–water partition coefficient (Wildman–Crippen LogP) is 0.759. The molecular formula is C14H17N3O2. The zero-order valence-corrected chi connectivity index (χ0v) is 10.8. The Bertz CT molecular complexity index is 482. The Morgan fingerprint density at radius 3 is 3.16 bits per heavy atom. The van der Waals surface area contributed by atoms with Crippen molar-refractivity contribution in [2.24, 2.45) is 0 Å². The molecule has 19 heavy (non-hydrogen) atoms. The number of rotatable bonds is 4. The molecule has 0 saturated carbocycles. The Hall–Kier alpha value is -2.06. The first-order valence-electron chi connectivity index (χ1n) is 6.40. The SMILES string of the molecule is N#Cc1cccc(OCCN2CCNC(=O)CC2)c1. The van der Waals surface area contributed by atoms with E-state index in [4.69, 9.17) is 10.00 Å². The monoisotopic (exact) mass is 259 g/mol. The maximum Gasteiger partial charge on any atom is 0.221 e. The van der Waals surface area contributed by atoms with Crippen LogP contribution in [0.25, 0.3) is 0 Å². The van der Waals surface area contributed by atoms with Crippen molar-refractivity contribution in [3.05, 3.63) is 29.8 Å². The van der Waals surface area contributed by atoms with Gasteiger partial charge < -0.3 is 10.1 Å². The van der Waals surface area contributed by atoms with Crippen LogP contribution < -0.4 is 10.1 Å². The number of carbonyl (C=O) groups is 1. The number of carbonyl (C=O) groups excluding carboxylic acids is 1. The number of nitrogens with zero attached hydrogens (tertiary/aromatic N) is 2. The second-order valence-corrected chi connectivity index (χ2v) is 4.43. The minimum Gasteiger partial charge on any atom is -0.492 e. The van der Waals surface area contributed by atoms with E-state index < -0.39 is 0 Å². The van der Waals surface area contributed by atoms with Gasteiger partial charge in [-0.05, 0) is 18.2 Å². The van der Waals surface area contributed by atoms with Gasteiger partial charge in [0.2, 0.25) is 5.91 Å². The average molecular weight is 259 g/mol. The van der Waals surface area contributed by atoms with Crippen molar-refractivity contribution < 1.29 is 9.53 Å². The zero-order valence-electron chi connectivity index (χ0n) is 10.8. The average Bonchev–Trinajstić information content (AvgIpc) is 2.64. The molecule has 5 heteroatoms. The van der Waals surface area contributed by atoms with E-state index >= 15 is 0 Å². The molecule has 0 atom stereocenters. The van der Waals surface area contributed by atoms with Gasteiger partial charge >= 0.3 is 0 Å². The molecule has 0 aliphatic carbocycles. The molecule has 0 radical (unpaired) electrons. The van der Waals surface area contributed by atoms with Gasteiger partial charge in [-0.2, -0.15) is 5.26 Å². The predicted molar refractivity (Wildman–Crippen MR) is 70.7 cm³/mol. The number of amides is 1. The second-order valence-electron chi connectivity index (χ2n) is 4.43. The molecule has 1 aliphatic heterocycles. The van der Waals surface area contributed by atoms with E-state index in [1.807, 2.05) is 12.1 Å². The first-order chi connectivity index (χ1) is 9.28. The summed E-state index contributed by atoms with van der Waals surface area (Å²) in [6.45, 7) is 3.67. The van der Waals surface area contributed by atoms with Gasteiger partial charge in [-0.3, -0.25) is 9.69 Å². The highest BCUT2D eigenvalue weighted by Gasteiger charge is 2.12. The summed E-state index contributed by atoms with van der Waals surface area (Å²) in [7, 11) is 0. The van der Waals surface area contributed by atoms with Crippen LogP contribution in [0.2, 0.25) is 0 Å². The Kier molecular flexibility index (Phi) is 4.76. The van der Waals surface area contributed by atoms with Gasteiger partial charge in [0.05, 0.1) is 11.6 Å². The van der Waals surface area contributed by atoms with Crippen LogP contribution >= 0.6 is 0 Å². The molecule has 1 aromatic rings. The molecule has 100 valence electrons. The van der Waals surface area contributed by atoms with Crippen LogP contribution in [0.1, 0.15) is 12.0 Å². The minimum absolute atomic E-state index is 0.116. The van der Waals surface area contributed by atoms with E-state index in [9.17, 15) is 4.79 Å². The van der Waals surface area contributed by atoms with Crippen LogP contribution in [0.3, 0.4) is 0 Å². The number of ether oxygens (including phenoxy) is 1. The first kappa shape index (κ1) is 13.4. The molecule has 1 amide bonds. The summed E-state index contributed by atoms with van der Waals surface area (Å²) >= 11 is 0. The molecule has 5 nitrogen and oxygen atoms in total. The van der Waals surface area contributed by atoms with E-state index in [1.54, 1.807) is 12.1 Å². The van der Waals surface area contributed by atoms with Crippen LogP contribution in [-0.2, 0) is 4.79 Å². The summed E-state index contributed by atoms with van der Waals surface area (Å²) in [6.07, 6.45) is 0.546. The summed E-state index contributed by atoms with van der Waals surface area (Å²) in [4.78, 5) is 13.4. The zero-order chi connectivity index (χ0) is 13.5.